The molecule has 1 aliphatic rings. The number of hydrogen-bond acceptors (Lipinski definition) is 2. The van der Waals surface area contributed by atoms with Gasteiger partial charge in [-0.05, 0) is 6.92 Å². The molecule has 1 N–H and O–H groups in total. The summed E-state index contributed by atoms with van der Waals surface area (Å²) in [6.07, 6.45) is 0.256. The minimum atomic E-state index is 0.0671. The van der Waals surface area contributed by atoms with E-state index in [1.165, 1.54) is 0 Å². The predicted molar refractivity (Wildman–Crippen MR) is 25.0 cm³/mol. The van der Waals surface area contributed by atoms with Crippen molar-refractivity contribution in [1.29, 1.82) is 0 Å². The van der Waals surface area contributed by atoms with Gasteiger partial charge in [-0.25, -0.2) is 0 Å². The molecule has 0 aromatic heterocycles. The first-order valence-corrected chi connectivity index (χ1v) is 2.13. The van der Waals surface area contributed by atoms with E-state index in [0.717, 1.165) is 0 Å². The number of allylic oxidation sites excluding steroid dienone is 2. The van der Waals surface area contributed by atoms with Crippen molar-refractivity contribution in [3.05, 3.63) is 11.3 Å². The smallest absolute Gasteiger partial charge is 0.169 e. The van der Waals surface area contributed by atoms with Crippen LogP contribution < -0.4 is 0 Å². The fourth-order valence-corrected chi connectivity index (χ4v) is 0.471. The Balaban J connectivity index is 2.85. The third-order valence-electron chi connectivity index (χ3n) is 1.18. The Morgan fingerprint density at radius 1 is 1.71 bits per heavy atom. The molecule has 2 nitrogen and oxygen atoms in total. The Labute approximate surface area is 41.5 Å². The fraction of sp³-hybridized carbons (Fsp3) is 0.400. The molecule has 0 unspecified atom stereocenters. The van der Waals surface area contributed by atoms with Crippen LogP contribution in [0.3, 0.4) is 0 Å². The SMILES string of the molecule is CC1=C(O)CC1=O. The molecule has 7 heavy (non-hydrogen) atoms. The van der Waals surface area contributed by atoms with Gasteiger partial charge >= 0.3 is 0 Å². The molecule has 0 heterocycles. The molecule has 0 aromatic carbocycles. The standard InChI is InChI=1S/C5H6O2/c1-3-4(6)2-5(3)7/h6H,2H2,1H3. The quantitative estimate of drug-likeness (QED) is 0.486. The number of carbonyl (C=O) groups is 1. The van der Waals surface area contributed by atoms with E-state index in [9.17, 15) is 4.79 Å². The molecule has 2 heteroatoms. The van der Waals surface area contributed by atoms with Gasteiger partial charge in [-0.1, -0.05) is 0 Å². The van der Waals surface area contributed by atoms with Gasteiger partial charge in [0.15, 0.2) is 5.78 Å². The Bertz CT molecular complexity index is 144. The Kier molecular flexibility index (Phi) is 0.680. The highest BCUT2D eigenvalue weighted by atomic mass is 16.3. The fourth-order valence-electron chi connectivity index (χ4n) is 0.471. The lowest BCUT2D eigenvalue weighted by molar-refractivity contribution is -0.117. The van der Waals surface area contributed by atoms with E-state index >= 15 is 0 Å². The second-order valence-electron chi connectivity index (χ2n) is 1.67. The molecule has 0 aliphatic heterocycles. The molecule has 0 amide bonds. The second kappa shape index (κ2) is 1.09. The summed E-state index contributed by atoms with van der Waals surface area (Å²) < 4.78 is 0. The van der Waals surface area contributed by atoms with Crippen LogP contribution in [0, 0.1) is 0 Å². The zero-order chi connectivity index (χ0) is 5.44. The normalized spacial score (nSPS) is 19.9. The van der Waals surface area contributed by atoms with Gasteiger partial charge in [0.2, 0.25) is 0 Å². The van der Waals surface area contributed by atoms with Gasteiger partial charge in [0.25, 0.3) is 0 Å². The molecule has 38 valence electrons. The highest BCUT2D eigenvalue weighted by Gasteiger charge is 2.21. The molecular formula is C5H6O2. The van der Waals surface area contributed by atoms with Crippen molar-refractivity contribution in [2.45, 2.75) is 13.3 Å². The lowest BCUT2D eigenvalue weighted by Gasteiger charge is -2.11. The first-order chi connectivity index (χ1) is 3.22. The number of ketones is 1. The molecule has 1 aliphatic carbocycles. The average Bonchev–Trinajstić information content (AvgIpc) is 1.68. The van der Waals surface area contributed by atoms with E-state index < -0.39 is 0 Å². The number of Topliss-reactive ketones (excluding diaryl/α,β-unsaturated/α-hetero) is 1. The summed E-state index contributed by atoms with van der Waals surface area (Å²) in [4.78, 5) is 10.2. The first kappa shape index (κ1) is 4.37. The van der Waals surface area contributed by atoms with Crippen molar-refractivity contribution in [1.82, 2.24) is 0 Å². The maximum Gasteiger partial charge on any atom is 0.169 e. The molecule has 0 saturated heterocycles. The minimum Gasteiger partial charge on any atom is -0.511 e. The van der Waals surface area contributed by atoms with E-state index in [4.69, 9.17) is 5.11 Å². The minimum absolute atomic E-state index is 0.0671. The summed E-state index contributed by atoms with van der Waals surface area (Å²) in [6, 6.07) is 0. The second-order valence-corrected chi connectivity index (χ2v) is 1.67. The lowest BCUT2D eigenvalue weighted by Crippen LogP contribution is -2.14. The maximum atomic E-state index is 10.2. The van der Waals surface area contributed by atoms with Crippen LogP contribution in [-0.4, -0.2) is 10.9 Å². The summed E-state index contributed by atoms with van der Waals surface area (Å²) in [5.74, 6) is 0.322. The molecular weight excluding hydrogens is 92.1 g/mol. The van der Waals surface area contributed by atoms with Crippen molar-refractivity contribution in [3.8, 4) is 0 Å². The summed E-state index contributed by atoms with van der Waals surface area (Å²) in [5, 5.41) is 8.55. The summed E-state index contributed by atoms with van der Waals surface area (Å²) in [5.41, 5.74) is 0.528. The van der Waals surface area contributed by atoms with Crippen LogP contribution in [0.1, 0.15) is 13.3 Å². The maximum absolute atomic E-state index is 10.2. The van der Waals surface area contributed by atoms with Gasteiger partial charge < -0.3 is 5.11 Å². The van der Waals surface area contributed by atoms with Crippen molar-refractivity contribution in [2.75, 3.05) is 0 Å². The largest absolute Gasteiger partial charge is 0.511 e. The van der Waals surface area contributed by atoms with Crippen LogP contribution in [-0.2, 0) is 4.79 Å². The molecule has 0 spiro atoms. The topological polar surface area (TPSA) is 37.3 Å². The van der Waals surface area contributed by atoms with Crippen molar-refractivity contribution in [2.24, 2.45) is 0 Å². The molecule has 0 aromatic rings. The Morgan fingerprint density at radius 2 is 2.29 bits per heavy atom. The zero-order valence-electron chi connectivity index (χ0n) is 4.06. The van der Waals surface area contributed by atoms with E-state index in [-0.39, 0.29) is 18.0 Å². The van der Waals surface area contributed by atoms with Crippen LogP contribution in [0.25, 0.3) is 0 Å². The predicted octanol–water partition coefficient (Wildman–Crippen LogP) is 0.791. The third-order valence-corrected chi connectivity index (χ3v) is 1.18. The first-order valence-electron chi connectivity index (χ1n) is 2.13. The van der Waals surface area contributed by atoms with Gasteiger partial charge in [0.1, 0.15) is 5.76 Å². The number of aliphatic hydroxyl groups is 1. The average molecular weight is 98.1 g/mol. The van der Waals surface area contributed by atoms with Crippen LogP contribution in [0.5, 0.6) is 0 Å². The monoisotopic (exact) mass is 98.0 g/mol. The van der Waals surface area contributed by atoms with Crippen LogP contribution in [0.2, 0.25) is 0 Å². The number of rotatable bonds is 0. The summed E-state index contributed by atoms with van der Waals surface area (Å²) in [6.45, 7) is 1.63. The molecule has 0 saturated carbocycles. The molecule has 0 radical (unpaired) electrons. The third kappa shape index (κ3) is 0.427. The highest BCUT2D eigenvalue weighted by Crippen LogP contribution is 2.19. The van der Waals surface area contributed by atoms with Gasteiger partial charge in [-0.2, -0.15) is 0 Å². The van der Waals surface area contributed by atoms with Gasteiger partial charge in [-0.15, -0.1) is 0 Å². The highest BCUT2D eigenvalue weighted by molar-refractivity contribution is 6.02. The van der Waals surface area contributed by atoms with Gasteiger partial charge in [-0.3, -0.25) is 4.79 Å². The molecule has 1 rings (SSSR count). The van der Waals surface area contributed by atoms with E-state index in [1.54, 1.807) is 6.92 Å². The van der Waals surface area contributed by atoms with E-state index in [1.807, 2.05) is 0 Å². The van der Waals surface area contributed by atoms with Crippen molar-refractivity contribution in [3.63, 3.8) is 0 Å². The number of hydrogen-bond donors (Lipinski definition) is 1. The van der Waals surface area contributed by atoms with Crippen LogP contribution in [0.15, 0.2) is 11.3 Å². The van der Waals surface area contributed by atoms with Gasteiger partial charge in [0, 0.05) is 5.57 Å². The van der Waals surface area contributed by atoms with Crippen molar-refractivity contribution < 1.29 is 9.90 Å². The molecule has 0 atom stereocenters. The van der Waals surface area contributed by atoms with Gasteiger partial charge in [0.05, 0.1) is 6.42 Å². The Hall–Kier alpha value is -0.790. The van der Waals surface area contributed by atoms with Crippen LogP contribution >= 0.6 is 0 Å². The zero-order valence-corrected chi connectivity index (χ0v) is 4.06. The van der Waals surface area contributed by atoms with E-state index in [2.05, 4.69) is 0 Å². The van der Waals surface area contributed by atoms with Crippen LogP contribution in [0.4, 0.5) is 0 Å². The summed E-state index contributed by atoms with van der Waals surface area (Å²) >= 11 is 0. The molecule has 0 fully saturated rings. The van der Waals surface area contributed by atoms with Crippen molar-refractivity contribution >= 4 is 5.78 Å². The number of aliphatic hydroxyl groups excluding tert-OH is 1. The number of carbonyl (C=O) groups excluding carboxylic acids is 1. The molecule has 0 bridgehead atoms. The van der Waals surface area contributed by atoms with E-state index in [0.29, 0.717) is 5.57 Å². The lowest BCUT2D eigenvalue weighted by atomic mass is 9.97. The Morgan fingerprint density at radius 3 is 2.29 bits per heavy atom. The summed E-state index contributed by atoms with van der Waals surface area (Å²) in [7, 11) is 0.